The predicted molar refractivity (Wildman–Crippen MR) is 105 cm³/mol. The second-order valence-corrected chi connectivity index (χ2v) is 6.73. The van der Waals surface area contributed by atoms with Crippen LogP contribution in [0.4, 0.5) is 16.4 Å². The van der Waals surface area contributed by atoms with Crippen molar-refractivity contribution in [1.29, 1.82) is 0 Å². The first-order valence-electron chi connectivity index (χ1n) is 9.00. The van der Waals surface area contributed by atoms with E-state index in [4.69, 9.17) is 9.84 Å². The number of benzene rings is 1. The molecule has 1 aliphatic heterocycles. The fraction of sp³-hybridized carbons (Fsp3) is 0.263. The van der Waals surface area contributed by atoms with Gasteiger partial charge in [-0.25, -0.2) is 14.8 Å². The number of ether oxygens (including phenoxy) is 1. The minimum atomic E-state index is -1.04. The zero-order chi connectivity index (χ0) is 20.5. The largest absolute Gasteiger partial charge is 0.494 e. The Morgan fingerprint density at radius 2 is 2.21 bits per heavy atom. The highest BCUT2D eigenvalue weighted by Gasteiger charge is 2.24. The first-order valence-corrected chi connectivity index (χ1v) is 9.00. The summed E-state index contributed by atoms with van der Waals surface area (Å²) < 4.78 is 7.36. The van der Waals surface area contributed by atoms with E-state index in [-0.39, 0.29) is 12.1 Å². The summed E-state index contributed by atoms with van der Waals surface area (Å²) in [6.07, 6.45) is 2.96. The van der Waals surface area contributed by atoms with Crippen LogP contribution in [0.25, 0.3) is 5.69 Å². The Kier molecular flexibility index (Phi) is 4.67. The summed E-state index contributed by atoms with van der Waals surface area (Å²) in [6.45, 7) is 2.26. The van der Waals surface area contributed by atoms with Gasteiger partial charge in [-0.3, -0.25) is 9.78 Å². The van der Waals surface area contributed by atoms with Gasteiger partial charge < -0.3 is 24.6 Å². The average molecular weight is 396 g/mol. The fourth-order valence-corrected chi connectivity index (χ4v) is 3.31. The van der Waals surface area contributed by atoms with Gasteiger partial charge in [-0.2, -0.15) is 0 Å². The molecule has 1 amide bonds. The molecule has 0 saturated carbocycles. The minimum Gasteiger partial charge on any atom is -0.494 e. The molecule has 0 atom stereocenters. The van der Waals surface area contributed by atoms with Gasteiger partial charge in [0.05, 0.1) is 42.6 Å². The van der Waals surface area contributed by atoms with E-state index in [0.717, 1.165) is 11.4 Å². The Bertz CT molecular complexity index is 1140. The van der Waals surface area contributed by atoms with Crippen LogP contribution in [-0.4, -0.2) is 49.3 Å². The van der Waals surface area contributed by atoms with Crippen molar-refractivity contribution in [2.24, 2.45) is 0 Å². The van der Waals surface area contributed by atoms with E-state index in [1.807, 2.05) is 29.8 Å². The van der Waals surface area contributed by atoms with Crippen molar-refractivity contribution < 1.29 is 14.6 Å². The van der Waals surface area contributed by atoms with Gasteiger partial charge in [0.15, 0.2) is 0 Å². The summed E-state index contributed by atoms with van der Waals surface area (Å²) in [5, 5.41) is 12.2. The zero-order valence-electron chi connectivity index (χ0n) is 16.0. The third kappa shape index (κ3) is 3.64. The van der Waals surface area contributed by atoms with Crippen LogP contribution < -0.4 is 15.6 Å². The number of methoxy groups -OCH3 is 1. The van der Waals surface area contributed by atoms with Gasteiger partial charge in [-0.1, -0.05) is 0 Å². The minimum absolute atomic E-state index is 0.0418. The molecular weight excluding hydrogens is 376 g/mol. The molecule has 2 aromatic heterocycles. The number of aromatic amines is 1. The SMILES string of the molecule is COc1cc(Nc2nc3c(c(=O)[nH]2)CN(C(=O)O)CC3)ccc1-n1cnc(C)c1. The molecule has 150 valence electrons. The lowest BCUT2D eigenvalue weighted by Gasteiger charge is -2.25. The molecule has 3 heterocycles. The molecule has 3 aromatic rings. The van der Waals surface area contributed by atoms with Crippen LogP contribution in [0, 0.1) is 6.92 Å². The molecule has 0 spiro atoms. The number of H-pyrrole nitrogens is 1. The Balaban J connectivity index is 1.61. The Hall–Kier alpha value is -3.82. The number of rotatable bonds is 4. The third-order valence-corrected chi connectivity index (χ3v) is 4.77. The highest BCUT2D eigenvalue weighted by Crippen LogP contribution is 2.28. The Labute approximate surface area is 165 Å². The van der Waals surface area contributed by atoms with Gasteiger partial charge in [0.2, 0.25) is 5.95 Å². The molecule has 29 heavy (non-hydrogen) atoms. The number of fused-ring (bicyclic) bond motifs is 1. The molecule has 0 aliphatic carbocycles. The van der Waals surface area contributed by atoms with Crippen LogP contribution in [0.5, 0.6) is 5.75 Å². The second-order valence-electron chi connectivity index (χ2n) is 6.73. The predicted octanol–water partition coefficient (Wildman–Crippen LogP) is 2.05. The number of aryl methyl sites for hydroxylation is 1. The van der Waals surface area contributed by atoms with Crippen molar-refractivity contribution in [3.8, 4) is 11.4 Å². The van der Waals surface area contributed by atoms with Gasteiger partial charge in [0.1, 0.15) is 5.75 Å². The summed E-state index contributed by atoms with van der Waals surface area (Å²) in [7, 11) is 1.58. The molecule has 0 unspecified atom stereocenters. The van der Waals surface area contributed by atoms with E-state index >= 15 is 0 Å². The Morgan fingerprint density at radius 1 is 1.38 bits per heavy atom. The van der Waals surface area contributed by atoms with Crippen molar-refractivity contribution in [3.63, 3.8) is 0 Å². The van der Waals surface area contributed by atoms with E-state index in [2.05, 4.69) is 20.3 Å². The van der Waals surface area contributed by atoms with Gasteiger partial charge in [0.25, 0.3) is 5.56 Å². The second kappa shape index (κ2) is 7.30. The van der Waals surface area contributed by atoms with E-state index in [0.29, 0.717) is 41.6 Å². The van der Waals surface area contributed by atoms with E-state index in [1.165, 1.54) is 4.90 Å². The summed E-state index contributed by atoms with van der Waals surface area (Å²) in [6, 6.07) is 5.53. The normalized spacial score (nSPS) is 13.1. The maximum Gasteiger partial charge on any atom is 0.407 e. The maximum atomic E-state index is 12.4. The highest BCUT2D eigenvalue weighted by molar-refractivity contribution is 5.65. The smallest absolute Gasteiger partial charge is 0.407 e. The summed E-state index contributed by atoms with van der Waals surface area (Å²) in [5.74, 6) is 0.926. The van der Waals surface area contributed by atoms with Crippen LogP contribution >= 0.6 is 0 Å². The van der Waals surface area contributed by atoms with Crippen LogP contribution in [0.15, 0.2) is 35.5 Å². The van der Waals surface area contributed by atoms with Crippen molar-refractivity contribution in [2.45, 2.75) is 19.9 Å². The van der Waals surface area contributed by atoms with Crippen molar-refractivity contribution in [3.05, 3.63) is 58.0 Å². The van der Waals surface area contributed by atoms with Gasteiger partial charge in [-0.15, -0.1) is 0 Å². The number of hydrogen-bond donors (Lipinski definition) is 3. The average Bonchev–Trinajstić information content (AvgIpc) is 3.13. The zero-order valence-corrected chi connectivity index (χ0v) is 16.0. The quantitative estimate of drug-likeness (QED) is 0.616. The summed E-state index contributed by atoms with van der Waals surface area (Å²) in [5.41, 5.74) is 3.05. The third-order valence-electron chi connectivity index (χ3n) is 4.77. The molecule has 3 N–H and O–H groups in total. The summed E-state index contributed by atoms with van der Waals surface area (Å²) >= 11 is 0. The van der Waals surface area contributed by atoms with Gasteiger partial charge in [-0.05, 0) is 19.1 Å². The van der Waals surface area contributed by atoms with Crippen LogP contribution in [0.1, 0.15) is 17.0 Å². The molecule has 0 fully saturated rings. The number of imidazole rings is 1. The first-order chi connectivity index (χ1) is 13.9. The van der Waals surface area contributed by atoms with Crippen LogP contribution in [0.2, 0.25) is 0 Å². The molecule has 4 rings (SSSR count). The lowest BCUT2D eigenvalue weighted by molar-refractivity contribution is 0.139. The number of nitrogens with zero attached hydrogens (tertiary/aromatic N) is 4. The molecule has 10 heteroatoms. The molecule has 0 radical (unpaired) electrons. The monoisotopic (exact) mass is 396 g/mol. The van der Waals surface area contributed by atoms with Crippen molar-refractivity contribution in [2.75, 3.05) is 19.0 Å². The number of hydrogen-bond acceptors (Lipinski definition) is 6. The molecule has 1 aromatic carbocycles. The molecule has 0 saturated heterocycles. The lowest BCUT2D eigenvalue weighted by atomic mass is 10.1. The number of carbonyl (C=O) groups is 1. The number of amides is 1. The molecule has 0 bridgehead atoms. The fourth-order valence-electron chi connectivity index (χ4n) is 3.31. The summed E-state index contributed by atoms with van der Waals surface area (Å²) in [4.78, 5) is 36.1. The molecule has 1 aliphatic rings. The standard InChI is InChI=1S/C19H20N6O4/c1-11-8-25(10-20-11)15-4-3-12(7-16(15)29-2)21-18-22-14-5-6-24(19(27)28)9-13(14)17(26)23-18/h3-4,7-8,10H,5-6,9H2,1-2H3,(H,27,28)(H2,21,22,23,26). The van der Waals surface area contributed by atoms with E-state index < -0.39 is 6.09 Å². The molecular formula is C19H20N6O4. The van der Waals surface area contributed by atoms with Crippen LogP contribution in [0.3, 0.4) is 0 Å². The maximum absolute atomic E-state index is 12.4. The van der Waals surface area contributed by atoms with E-state index in [9.17, 15) is 9.59 Å². The topological polar surface area (TPSA) is 125 Å². The highest BCUT2D eigenvalue weighted by atomic mass is 16.5. The number of nitrogens with one attached hydrogen (secondary N) is 2. The van der Waals surface area contributed by atoms with Gasteiger partial charge >= 0.3 is 6.09 Å². The van der Waals surface area contributed by atoms with Crippen molar-refractivity contribution in [1.82, 2.24) is 24.4 Å². The Morgan fingerprint density at radius 3 is 2.90 bits per heavy atom. The van der Waals surface area contributed by atoms with E-state index in [1.54, 1.807) is 19.5 Å². The lowest BCUT2D eigenvalue weighted by Crippen LogP contribution is -2.38. The van der Waals surface area contributed by atoms with Gasteiger partial charge in [0, 0.05) is 30.9 Å². The number of anilines is 2. The number of carboxylic acid groups (broad SMARTS) is 1. The first kappa shape index (κ1) is 18.5. The van der Waals surface area contributed by atoms with Crippen molar-refractivity contribution >= 4 is 17.7 Å². The molecule has 10 nitrogen and oxygen atoms in total. The van der Waals surface area contributed by atoms with Crippen LogP contribution in [-0.2, 0) is 13.0 Å². The number of aromatic nitrogens is 4.